The zero-order valence-electron chi connectivity index (χ0n) is 12.9. The van der Waals surface area contributed by atoms with Gasteiger partial charge >= 0.3 is 0 Å². The standard InChI is InChI=1S/C15H23N5O2/c1-2-4-12(16)15(22)20-9-7-19(8-10-20)14-11(13(17)21)5-3-6-18-14/h3,5-6,12H,2,4,7-10,16H2,1H3,(H2,17,21). The molecule has 0 radical (unpaired) electrons. The van der Waals surface area contributed by atoms with Gasteiger partial charge in [-0.1, -0.05) is 13.3 Å². The molecule has 1 unspecified atom stereocenters. The first kappa shape index (κ1) is 16.2. The van der Waals surface area contributed by atoms with Crippen molar-refractivity contribution in [2.45, 2.75) is 25.8 Å². The number of piperazine rings is 1. The first-order valence-electron chi connectivity index (χ1n) is 7.58. The van der Waals surface area contributed by atoms with Crippen LogP contribution in [0.2, 0.25) is 0 Å². The molecule has 1 atom stereocenters. The van der Waals surface area contributed by atoms with E-state index in [1.807, 2.05) is 11.8 Å². The molecule has 22 heavy (non-hydrogen) atoms. The van der Waals surface area contributed by atoms with Crippen LogP contribution in [-0.2, 0) is 4.79 Å². The number of carbonyl (C=O) groups is 2. The molecular formula is C15H23N5O2. The average Bonchev–Trinajstić information content (AvgIpc) is 2.54. The fourth-order valence-corrected chi connectivity index (χ4v) is 2.65. The zero-order chi connectivity index (χ0) is 16.1. The topological polar surface area (TPSA) is 106 Å². The summed E-state index contributed by atoms with van der Waals surface area (Å²) in [7, 11) is 0. The van der Waals surface area contributed by atoms with Crippen molar-refractivity contribution in [1.82, 2.24) is 9.88 Å². The minimum atomic E-state index is -0.494. The lowest BCUT2D eigenvalue weighted by molar-refractivity contribution is -0.133. The number of hydrogen-bond acceptors (Lipinski definition) is 5. The monoisotopic (exact) mass is 305 g/mol. The Morgan fingerprint density at radius 3 is 2.59 bits per heavy atom. The third kappa shape index (κ3) is 3.54. The number of hydrogen-bond donors (Lipinski definition) is 2. The Balaban J connectivity index is 2.01. The quantitative estimate of drug-likeness (QED) is 0.794. The summed E-state index contributed by atoms with van der Waals surface area (Å²) in [5.74, 6) is 0.0872. The Kier molecular flexibility index (Phi) is 5.32. The highest BCUT2D eigenvalue weighted by Crippen LogP contribution is 2.18. The Morgan fingerprint density at radius 1 is 1.32 bits per heavy atom. The number of anilines is 1. The van der Waals surface area contributed by atoms with Crippen molar-refractivity contribution in [3.8, 4) is 0 Å². The predicted octanol–water partition coefficient (Wildman–Crippen LogP) is -0.0435. The summed E-state index contributed by atoms with van der Waals surface area (Å²) in [5, 5.41) is 0. The molecule has 2 amide bonds. The fourth-order valence-electron chi connectivity index (χ4n) is 2.65. The molecule has 1 aliphatic heterocycles. The van der Waals surface area contributed by atoms with E-state index in [0.717, 1.165) is 6.42 Å². The van der Waals surface area contributed by atoms with Gasteiger partial charge in [-0.25, -0.2) is 4.98 Å². The lowest BCUT2D eigenvalue weighted by atomic mass is 10.1. The molecule has 7 nitrogen and oxygen atoms in total. The molecule has 1 saturated heterocycles. The second kappa shape index (κ2) is 7.22. The Hall–Kier alpha value is -2.15. The lowest BCUT2D eigenvalue weighted by Gasteiger charge is -2.37. The number of rotatable bonds is 5. The summed E-state index contributed by atoms with van der Waals surface area (Å²) in [6.45, 7) is 4.39. The van der Waals surface area contributed by atoms with Crippen molar-refractivity contribution in [3.05, 3.63) is 23.9 Å². The second-order valence-electron chi connectivity index (χ2n) is 5.45. The molecule has 120 valence electrons. The number of aromatic nitrogens is 1. The van der Waals surface area contributed by atoms with Gasteiger partial charge in [-0.15, -0.1) is 0 Å². The van der Waals surface area contributed by atoms with Gasteiger partial charge in [0.05, 0.1) is 11.6 Å². The summed E-state index contributed by atoms with van der Waals surface area (Å²) in [6, 6.07) is 2.93. The highest BCUT2D eigenvalue weighted by Gasteiger charge is 2.26. The SMILES string of the molecule is CCCC(N)C(=O)N1CCN(c2ncccc2C(N)=O)CC1. The van der Waals surface area contributed by atoms with Gasteiger partial charge in [-0.3, -0.25) is 9.59 Å². The maximum Gasteiger partial charge on any atom is 0.252 e. The van der Waals surface area contributed by atoms with E-state index in [1.54, 1.807) is 23.2 Å². The van der Waals surface area contributed by atoms with Gasteiger partial charge in [0, 0.05) is 32.4 Å². The molecule has 1 fully saturated rings. The third-order valence-corrected chi connectivity index (χ3v) is 3.86. The first-order chi connectivity index (χ1) is 10.5. The molecule has 2 heterocycles. The van der Waals surface area contributed by atoms with Crippen molar-refractivity contribution in [2.75, 3.05) is 31.1 Å². The number of nitrogens with zero attached hydrogens (tertiary/aromatic N) is 3. The molecule has 0 bridgehead atoms. The lowest BCUT2D eigenvalue weighted by Crippen LogP contribution is -2.53. The molecule has 0 spiro atoms. The summed E-state index contributed by atoms with van der Waals surface area (Å²) < 4.78 is 0. The molecule has 1 aromatic rings. The van der Waals surface area contributed by atoms with Crippen LogP contribution in [0.3, 0.4) is 0 Å². The van der Waals surface area contributed by atoms with Crippen LogP contribution in [-0.4, -0.2) is 53.9 Å². The third-order valence-electron chi connectivity index (χ3n) is 3.86. The molecule has 1 aromatic heterocycles. The van der Waals surface area contributed by atoms with Gasteiger partial charge in [-0.2, -0.15) is 0 Å². The normalized spacial score (nSPS) is 16.5. The minimum absolute atomic E-state index is 0.00218. The van der Waals surface area contributed by atoms with Crippen molar-refractivity contribution in [3.63, 3.8) is 0 Å². The van der Waals surface area contributed by atoms with E-state index in [4.69, 9.17) is 11.5 Å². The Bertz CT molecular complexity index is 540. The molecule has 4 N–H and O–H groups in total. The van der Waals surface area contributed by atoms with Crippen LogP contribution >= 0.6 is 0 Å². The number of nitrogens with two attached hydrogens (primary N) is 2. The number of amides is 2. The van der Waals surface area contributed by atoms with Crippen LogP contribution in [0.4, 0.5) is 5.82 Å². The van der Waals surface area contributed by atoms with Crippen LogP contribution in [0.25, 0.3) is 0 Å². The van der Waals surface area contributed by atoms with Crippen molar-refractivity contribution in [2.24, 2.45) is 11.5 Å². The maximum atomic E-state index is 12.2. The van der Waals surface area contributed by atoms with E-state index in [2.05, 4.69) is 4.98 Å². The van der Waals surface area contributed by atoms with Gasteiger partial charge in [-0.05, 0) is 18.6 Å². The molecule has 2 rings (SSSR count). The van der Waals surface area contributed by atoms with Gasteiger partial charge in [0.15, 0.2) is 0 Å². The molecule has 1 aliphatic rings. The predicted molar refractivity (Wildman–Crippen MR) is 84.4 cm³/mol. The zero-order valence-corrected chi connectivity index (χ0v) is 12.9. The van der Waals surface area contributed by atoms with Gasteiger partial charge in [0.1, 0.15) is 5.82 Å². The van der Waals surface area contributed by atoms with Crippen LogP contribution in [0.5, 0.6) is 0 Å². The van der Waals surface area contributed by atoms with E-state index in [9.17, 15) is 9.59 Å². The fraction of sp³-hybridized carbons (Fsp3) is 0.533. The Morgan fingerprint density at radius 2 is 2.00 bits per heavy atom. The van der Waals surface area contributed by atoms with Crippen molar-refractivity contribution < 1.29 is 9.59 Å². The van der Waals surface area contributed by atoms with Crippen LogP contribution in [0.15, 0.2) is 18.3 Å². The highest BCUT2D eigenvalue weighted by atomic mass is 16.2. The van der Waals surface area contributed by atoms with Crippen molar-refractivity contribution >= 4 is 17.6 Å². The summed E-state index contributed by atoms with van der Waals surface area (Å²) in [4.78, 5) is 31.7. The first-order valence-corrected chi connectivity index (χ1v) is 7.58. The van der Waals surface area contributed by atoms with Gasteiger partial charge < -0.3 is 21.3 Å². The van der Waals surface area contributed by atoms with E-state index in [0.29, 0.717) is 44.0 Å². The molecule has 7 heteroatoms. The van der Waals surface area contributed by atoms with E-state index in [-0.39, 0.29) is 5.91 Å². The van der Waals surface area contributed by atoms with Crippen LogP contribution in [0.1, 0.15) is 30.1 Å². The molecule has 0 aliphatic carbocycles. The van der Waals surface area contributed by atoms with Crippen LogP contribution < -0.4 is 16.4 Å². The second-order valence-corrected chi connectivity index (χ2v) is 5.45. The summed E-state index contributed by atoms with van der Waals surface area (Å²) >= 11 is 0. The number of carbonyl (C=O) groups excluding carboxylic acids is 2. The average molecular weight is 305 g/mol. The van der Waals surface area contributed by atoms with E-state index >= 15 is 0 Å². The van der Waals surface area contributed by atoms with Crippen molar-refractivity contribution in [1.29, 1.82) is 0 Å². The highest BCUT2D eigenvalue weighted by molar-refractivity contribution is 5.97. The van der Waals surface area contributed by atoms with Gasteiger partial charge in [0.25, 0.3) is 5.91 Å². The maximum absolute atomic E-state index is 12.2. The Labute approximate surface area is 130 Å². The summed E-state index contributed by atoms with van der Waals surface area (Å²) in [6.07, 6.45) is 3.23. The minimum Gasteiger partial charge on any atom is -0.365 e. The molecule has 0 aromatic carbocycles. The smallest absolute Gasteiger partial charge is 0.252 e. The van der Waals surface area contributed by atoms with E-state index < -0.39 is 11.9 Å². The number of pyridine rings is 1. The summed E-state index contributed by atoms with van der Waals surface area (Å²) in [5.41, 5.74) is 11.7. The molecular weight excluding hydrogens is 282 g/mol. The molecule has 0 saturated carbocycles. The van der Waals surface area contributed by atoms with Crippen LogP contribution in [0, 0.1) is 0 Å². The van der Waals surface area contributed by atoms with Gasteiger partial charge in [0.2, 0.25) is 5.91 Å². The largest absolute Gasteiger partial charge is 0.365 e. The van der Waals surface area contributed by atoms with E-state index in [1.165, 1.54) is 0 Å². The number of primary amides is 1.